The van der Waals surface area contributed by atoms with Crippen LogP contribution < -0.4 is 0 Å². The van der Waals surface area contributed by atoms with Gasteiger partial charge in [-0.05, 0) is 38.0 Å². The lowest BCUT2D eigenvalue weighted by Gasteiger charge is -2.11. The molecule has 0 aromatic rings. The van der Waals surface area contributed by atoms with Crippen LogP contribution in [0, 0.1) is 40.1 Å². The van der Waals surface area contributed by atoms with Crippen LogP contribution in [0.25, 0.3) is 0 Å². The van der Waals surface area contributed by atoms with Gasteiger partial charge in [0.2, 0.25) is 0 Å². The highest BCUT2D eigenvalue weighted by Gasteiger charge is 2.07. The third-order valence-corrected chi connectivity index (χ3v) is 2.45. The van der Waals surface area contributed by atoms with Crippen molar-refractivity contribution in [3.8, 4) is 18.4 Å². The van der Waals surface area contributed by atoms with Gasteiger partial charge in [0.15, 0.2) is 0 Å². The summed E-state index contributed by atoms with van der Waals surface area (Å²) in [4.78, 5) is 0. The average Bonchev–Trinajstić information content (AvgIpc) is 2.29. The van der Waals surface area contributed by atoms with Crippen LogP contribution in [0.2, 0.25) is 0 Å². The summed E-state index contributed by atoms with van der Waals surface area (Å²) < 4.78 is 4.57. The van der Waals surface area contributed by atoms with Crippen molar-refractivity contribution in [1.29, 1.82) is 15.8 Å². The summed E-state index contributed by atoms with van der Waals surface area (Å²) in [7, 11) is 0. The number of unbranched alkanes of at least 4 members (excludes halogenated alkanes) is 2. The van der Waals surface area contributed by atoms with E-state index in [2.05, 4.69) is 16.9 Å². The zero-order chi connectivity index (χ0) is 12.1. The highest BCUT2D eigenvalue weighted by atomic mass is 16.5. The van der Waals surface area contributed by atoms with Gasteiger partial charge in [-0.3, -0.25) is 0 Å². The lowest BCUT2D eigenvalue weighted by atomic mass is 9.93. The van der Waals surface area contributed by atoms with E-state index in [1.54, 1.807) is 6.26 Å². The second-order valence-corrected chi connectivity index (χ2v) is 3.71. The van der Waals surface area contributed by atoms with Crippen LogP contribution in [0.15, 0.2) is 0 Å². The standard InChI is InChI=1S/C12H17N3O/c13-8-3-1-5-12(7-9-14)6-2-4-10-16-11-15/h12H,1-7,10H2. The fraction of sp³-hybridized carbons (Fsp3) is 0.750. The van der Waals surface area contributed by atoms with Gasteiger partial charge >= 0.3 is 0 Å². The predicted molar refractivity (Wildman–Crippen MR) is 58.6 cm³/mol. The third kappa shape index (κ3) is 8.85. The molecule has 0 aromatic carbocycles. The molecule has 0 N–H and O–H groups in total. The number of rotatable bonds is 9. The molecule has 0 aliphatic rings. The zero-order valence-electron chi connectivity index (χ0n) is 9.48. The Balaban J connectivity index is 3.57. The summed E-state index contributed by atoms with van der Waals surface area (Å²) in [6.45, 7) is 0.466. The van der Waals surface area contributed by atoms with Crippen LogP contribution >= 0.6 is 0 Å². The summed E-state index contributed by atoms with van der Waals surface area (Å²) in [6.07, 6.45) is 7.39. The van der Waals surface area contributed by atoms with E-state index in [1.165, 1.54) is 0 Å². The highest BCUT2D eigenvalue weighted by molar-refractivity contribution is 4.77. The van der Waals surface area contributed by atoms with Crippen LogP contribution in [0.5, 0.6) is 0 Å². The molecule has 86 valence electrons. The first kappa shape index (κ1) is 14.3. The van der Waals surface area contributed by atoms with Gasteiger partial charge in [-0.2, -0.15) is 15.8 Å². The molecular formula is C12H17N3O. The molecule has 4 nitrogen and oxygen atoms in total. The van der Waals surface area contributed by atoms with Crippen molar-refractivity contribution in [2.75, 3.05) is 6.61 Å². The minimum absolute atomic E-state index is 0.389. The number of ether oxygens (including phenoxy) is 1. The van der Waals surface area contributed by atoms with Gasteiger partial charge in [0.25, 0.3) is 6.26 Å². The fourth-order valence-corrected chi connectivity index (χ4v) is 1.60. The third-order valence-electron chi connectivity index (χ3n) is 2.45. The van der Waals surface area contributed by atoms with E-state index >= 15 is 0 Å². The molecular weight excluding hydrogens is 202 g/mol. The first-order valence-electron chi connectivity index (χ1n) is 5.60. The molecule has 0 heterocycles. The second-order valence-electron chi connectivity index (χ2n) is 3.71. The SMILES string of the molecule is N#CCCCC(CC#N)CCCCOC#N. The van der Waals surface area contributed by atoms with Gasteiger partial charge in [-0.25, -0.2) is 0 Å². The molecule has 0 spiro atoms. The van der Waals surface area contributed by atoms with Crippen molar-refractivity contribution in [2.24, 2.45) is 5.92 Å². The molecule has 0 radical (unpaired) electrons. The van der Waals surface area contributed by atoms with E-state index < -0.39 is 0 Å². The molecule has 0 amide bonds. The van der Waals surface area contributed by atoms with Gasteiger partial charge in [-0.15, -0.1) is 0 Å². The van der Waals surface area contributed by atoms with E-state index in [0.717, 1.165) is 32.1 Å². The van der Waals surface area contributed by atoms with Crippen molar-refractivity contribution < 1.29 is 4.74 Å². The molecule has 0 aromatic heterocycles. The van der Waals surface area contributed by atoms with Gasteiger partial charge in [0.05, 0.1) is 12.1 Å². The molecule has 0 saturated heterocycles. The quantitative estimate of drug-likeness (QED) is 0.441. The topological polar surface area (TPSA) is 80.6 Å². The van der Waals surface area contributed by atoms with Crippen molar-refractivity contribution in [1.82, 2.24) is 0 Å². The number of hydrogen-bond donors (Lipinski definition) is 0. The normalized spacial score (nSPS) is 10.8. The lowest BCUT2D eigenvalue weighted by Crippen LogP contribution is -2.00. The minimum atomic E-state index is 0.389. The fourth-order valence-electron chi connectivity index (χ4n) is 1.60. The van der Waals surface area contributed by atoms with E-state index in [-0.39, 0.29) is 0 Å². The van der Waals surface area contributed by atoms with Crippen LogP contribution in [-0.4, -0.2) is 6.61 Å². The lowest BCUT2D eigenvalue weighted by molar-refractivity contribution is 0.255. The Kier molecular flexibility index (Phi) is 10.1. The Bertz CT molecular complexity index is 282. The maximum absolute atomic E-state index is 8.65. The van der Waals surface area contributed by atoms with Crippen molar-refractivity contribution >= 4 is 0 Å². The van der Waals surface area contributed by atoms with Gasteiger partial charge in [0.1, 0.15) is 6.61 Å². The molecule has 0 saturated carbocycles. The van der Waals surface area contributed by atoms with Crippen molar-refractivity contribution in [2.45, 2.75) is 44.9 Å². The summed E-state index contributed by atoms with van der Waals surface area (Å²) in [5, 5.41) is 25.2. The van der Waals surface area contributed by atoms with Gasteiger partial charge in [-0.1, -0.05) is 0 Å². The Labute approximate surface area is 97.0 Å². The highest BCUT2D eigenvalue weighted by Crippen LogP contribution is 2.19. The van der Waals surface area contributed by atoms with E-state index in [9.17, 15) is 0 Å². The maximum Gasteiger partial charge on any atom is 0.286 e. The summed E-state index contributed by atoms with van der Waals surface area (Å²) >= 11 is 0. The average molecular weight is 219 g/mol. The van der Waals surface area contributed by atoms with Crippen LogP contribution in [0.1, 0.15) is 44.9 Å². The monoisotopic (exact) mass is 219 g/mol. The van der Waals surface area contributed by atoms with Gasteiger partial charge in [0, 0.05) is 12.8 Å². The Morgan fingerprint density at radius 3 is 2.31 bits per heavy atom. The molecule has 0 aliphatic carbocycles. The summed E-state index contributed by atoms with van der Waals surface area (Å²) in [5.41, 5.74) is 0. The van der Waals surface area contributed by atoms with E-state index in [0.29, 0.717) is 25.4 Å². The largest absolute Gasteiger partial charge is 0.428 e. The first-order valence-corrected chi connectivity index (χ1v) is 5.60. The molecule has 1 atom stereocenters. The maximum atomic E-state index is 8.65. The molecule has 4 heteroatoms. The number of hydrogen-bond acceptors (Lipinski definition) is 4. The van der Waals surface area contributed by atoms with E-state index in [1.807, 2.05) is 0 Å². The Morgan fingerprint density at radius 1 is 0.938 bits per heavy atom. The molecule has 0 rings (SSSR count). The molecule has 16 heavy (non-hydrogen) atoms. The van der Waals surface area contributed by atoms with Crippen molar-refractivity contribution in [3.63, 3.8) is 0 Å². The molecule has 0 fully saturated rings. The molecule has 1 unspecified atom stereocenters. The van der Waals surface area contributed by atoms with E-state index in [4.69, 9.17) is 15.8 Å². The number of nitriles is 3. The van der Waals surface area contributed by atoms with Crippen molar-refractivity contribution in [3.05, 3.63) is 0 Å². The zero-order valence-corrected chi connectivity index (χ0v) is 9.48. The Hall–Kier alpha value is -1.73. The molecule has 0 bridgehead atoms. The minimum Gasteiger partial charge on any atom is -0.428 e. The first-order chi connectivity index (χ1) is 7.85. The summed E-state index contributed by atoms with van der Waals surface area (Å²) in [5.74, 6) is 0.389. The van der Waals surface area contributed by atoms with Crippen LogP contribution in [-0.2, 0) is 4.74 Å². The van der Waals surface area contributed by atoms with Crippen LogP contribution in [0.4, 0.5) is 0 Å². The smallest absolute Gasteiger partial charge is 0.286 e. The summed E-state index contributed by atoms with van der Waals surface area (Å²) in [6, 6.07) is 4.29. The Morgan fingerprint density at radius 2 is 1.69 bits per heavy atom. The van der Waals surface area contributed by atoms with Crippen LogP contribution in [0.3, 0.4) is 0 Å². The number of nitrogens with zero attached hydrogens (tertiary/aromatic N) is 3. The van der Waals surface area contributed by atoms with Gasteiger partial charge < -0.3 is 4.74 Å². The predicted octanol–water partition coefficient (Wildman–Crippen LogP) is 2.88. The second kappa shape index (κ2) is 11.3. The molecule has 0 aliphatic heterocycles.